The molecule has 1 rings (SSSR count). The zero-order valence-electron chi connectivity index (χ0n) is 10.6. The van der Waals surface area contributed by atoms with Gasteiger partial charge >= 0.3 is 5.97 Å². The Kier molecular flexibility index (Phi) is 5.81. The monoisotopic (exact) mass is 227 g/mol. The molecule has 0 heterocycles. The fourth-order valence-electron chi connectivity index (χ4n) is 2.67. The van der Waals surface area contributed by atoms with Crippen LogP contribution in [0.2, 0.25) is 0 Å². The molecule has 1 aliphatic rings. The van der Waals surface area contributed by atoms with Gasteiger partial charge in [-0.15, -0.1) is 0 Å². The summed E-state index contributed by atoms with van der Waals surface area (Å²) >= 11 is 0. The van der Waals surface area contributed by atoms with E-state index in [9.17, 15) is 4.79 Å². The minimum absolute atomic E-state index is 0.278. The minimum Gasteiger partial charge on any atom is -0.481 e. The molecule has 1 fully saturated rings. The van der Waals surface area contributed by atoms with E-state index >= 15 is 0 Å². The van der Waals surface area contributed by atoms with Gasteiger partial charge in [-0.05, 0) is 31.7 Å². The van der Waals surface area contributed by atoms with E-state index in [1.807, 2.05) is 0 Å². The normalized spacial score (nSPS) is 26.7. The highest BCUT2D eigenvalue weighted by Gasteiger charge is 2.21. The molecule has 1 N–H and O–H groups in total. The van der Waals surface area contributed by atoms with Gasteiger partial charge in [0.15, 0.2) is 0 Å². The molecular weight excluding hydrogens is 202 g/mol. The first-order chi connectivity index (χ1) is 7.63. The average molecular weight is 227 g/mol. The standard InChI is InChI=1S/C13H25NO2/c1-3-14(10-9-13(15)16)12-6-4-5-11(2)7-8-12/h11-12H,3-10H2,1-2H3,(H,15,16). The molecule has 1 saturated carbocycles. The topological polar surface area (TPSA) is 40.5 Å². The highest BCUT2D eigenvalue weighted by Crippen LogP contribution is 2.25. The van der Waals surface area contributed by atoms with Gasteiger partial charge in [0.1, 0.15) is 0 Å². The van der Waals surface area contributed by atoms with Crippen molar-refractivity contribution in [3.8, 4) is 0 Å². The maximum atomic E-state index is 10.6. The lowest BCUT2D eigenvalue weighted by atomic mass is 10.0. The van der Waals surface area contributed by atoms with E-state index in [0.717, 1.165) is 12.5 Å². The van der Waals surface area contributed by atoms with E-state index in [0.29, 0.717) is 12.6 Å². The number of nitrogens with zero attached hydrogens (tertiary/aromatic N) is 1. The van der Waals surface area contributed by atoms with Crippen LogP contribution >= 0.6 is 0 Å². The fourth-order valence-corrected chi connectivity index (χ4v) is 2.67. The molecule has 0 bridgehead atoms. The number of rotatable bonds is 5. The third-order valence-corrected chi connectivity index (χ3v) is 3.76. The number of carbonyl (C=O) groups is 1. The molecule has 0 amide bonds. The number of carboxylic acids is 1. The van der Waals surface area contributed by atoms with Gasteiger partial charge in [-0.2, -0.15) is 0 Å². The van der Waals surface area contributed by atoms with Crippen LogP contribution in [0, 0.1) is 5.92 Å². The third kappa shape index (κ3) is 4.52. The molecule has 94 valence electrons. The zero-order valence-corrected chi connectivity index (χ0v) is 10.6. The maximum Gasteiger partial charge on any atom is 0.304 e. The molecule has 0 spiro atoms. The van der Waals surface area contributed by atoms with Crippen molar-refractivity contribution in [3.05, 3.63) is 0 Å². The first kappa shape index (κ1) is 13.5. The van der Waals surface area contributed by atoms with Gasteiger partial charge in [0.05, 0.1) is 6.42 Å². The van der Waals surface area contributed by atoms with Gasteiger partial charge in [0.2, 0.25) is 0 Å². The van der Waals surface area contributed by atoms with Crippen molar-refractivity contribution in [2.24, 2.45) is 5.92 Å². The van der Waals surface area contributed by atoms with Gasteiger partial charge in [-0.3, -0.25) is 4.79 Å². The van der Waals surface area contributed by atoms with Crippen LogP contribution in [-0.4, -0.2) is 35.1 Å². The molecule has 3 nitrogen and oxygen atoms in total. The summed E-state index contributed by atoms with van der Waals surface area (Å²) < 4.78 is 0. The first-order valence-corrected chi connectivity index (χ1v) is 6.59. The molecular formula is C13H25NO2. The van der Waals surface area contributed by atoms with Gasteiger partial charge in [0.25, 0.3) is 0 Å². The summed E-state index contributed by atoms with van der Waals surface area (Å²) in [5.41, 5.74) is 0. The van der Waals surface area contributed by atoms with Crippen LogP contribution in [0.25, 0.3) is 0 Å². The van der Waals surface area contributed by atoms with E-state index in [4.69, 9.17) is 5.11 Å². The van der Waals surface area contributed by atoms with E-state index in [-0.39, 0.29) is 6.42 Å². The van der Waals surface area contributed by atoms with Crippen molar-refractivity contribution < 1.29 is 9.90 Å². The molecule has 0 aliphatic heterocycles. The summed E-state index contributed by atoms with van der Waals surface area (Å²) in [6.07, 6.45) is 6.71. The summed E-state index contributed by atoms with van der Waals surface area (Å²) in [5.74, 6) is 0.170. The summed E-state index contributed by atoms with van der Waals surface area (Å²) in [4.78, 5) is 12.9. The van der Waals surface area contributed by atoms with Gasteiger partial charge < -0.3 is 10.0 Å². The Morgan fingerprint density at radius 2 is 2.06 bits per heavy atom. The van der Waals surface area contributed by atoms with Crippen LogP contribution in [0.4, 0.5) is 0 Å². The lowest BCUT2D eigenvalue weighted by molar-refractivity contribution is -0.137. The van der Waals surface area contributed by atoms with Crippen LogP contribution in [0.3, 0.4) is 0 Å². The predicted octanol–water partition coefficient (Wildman–Crippen LogP) is 2.75. The smallest absolute Gasteiger partial charge is 0.304 e. The molecule has 2 atom stereocenters. The van der Waals surface area contributed by atoms with Crippen LogP contribution < -0.4 is 0 Å². The Morgan fingerprint density at radius 3 is 2.69 bits per heavy atom. The molecule has 0 aromatic heterocycles. The van der Waals surface area contributed by atoms with Crippen LogP contribution in [-0.2, 0) is 4.79 Å². The molecule has 0 aromatic rings. The highest BCUT2D eigenvalue weighted by molar-refractivity contribution is 5.66. The molecule has 16 heavy (non-hydrogen) atoms. The maximum absolute atomic E-state index is 10.6. The molecule has 0 saturated heterocycles. The molecule has 2 unspecified atom stereocenters. The second kappa shape index (κ2) is 6.89. The summed E-state index contributed by atoms with van der Waals surface area (Å²) in [5, 5.41) is 8.73. The summed E-state index contributed by atoms with van der Waals surface area (Å²) in [7, 11) is 0. The summed E-state index contributed by atoms with van der Waals surface area (Å²) in [6.45, 7) is 6.16. The number of hydrogen-bond donors (Lipinski definition) is 1. The van der Waals surface area contributed by atoms with Gasteiger partial charge in [0, 0.05) is 12.6 Å². The SMILES string of the molecule is CCN(CCC(=O)O)C1CCCC(C)CC1. The Hall–Kier alpha value is -0.570. The highest BCUT2D eigenvalue weighted by atomic mass is 16.4. The number of carboxylic acid groups (broad SMARTS) is 1. The van der Waals surface area contributed by atoms with Crippen molar-refractivity contribution in [3.63, 3.8) is 0 Å². The van der Waals surface area contributed by atoms with Crippen LogP contribution in [0.5, 0.6) is 0 Å². The van der Waals surface area contributed by atoms with Gasteiger partial charge in [-0.25, -0.2) is 0 Å². The van der Waals surface area contributed by atoms with Crippen LogP contribution in [0.1, 0.15) is 52.4 Å². The average Bonchev–Trinajstić information content (AvgIpc) is 2.44. The Morgan fingerprint density at radius 1 is 1.31 bits per heavy atom. The molecule has 3 heteroatoms. The summed E-state index contributed by atoms with van der Waals surface area (Å²) in [6, 6.07) is 0.620. The lowest BCUT2D eigenvalue weighted by Gasteiger charge is -2.29. The first-order valence-electron chi connectivity index (χ1n) is 6.59. The Labute approximate surface area is 98.8 Å². The Balaban J connectivity index is 2.41. The van der Waals surface area contributed by atoms with E-state index in [2.05, 4.69) is 18.7 Å². The fraction of sp³-hybridized carbons (Fsp3) is 0.923. The van der Waals surface area contributed by atoms with Crippen molar-refractivity contribution in [1.29, 1.82) is 0 Å². The molecule has 0 aromatic carbocycles. The predicted molar refractivity (Wildman–Crippen MR) is 65.5 cm³/mol. The van der Waals surface area contributed by atoms with E-state index in [1.165, 1.54) is 32.1 Å². The van der Waals surface area contributed by atoms with Crippen LogP contribution in [0.15, 0.2) is 0 Å². The third-order valence-electron chi connectivity index (χ3n) is 3.76. The van der Waals surface area contributed by atoms with Crippen molar-refractivity contribution in [2.75, 3.05) is 13.1 Å². The quantitative estimate of drug-likeness (QED) is 0.734. The lowest BCUT2D eigenvalue weighted by Crippen LogP contribution is -2.36. The van der Waals surface area contributed by atoms with Crippen molar-refractivity contribution in [1.82, 2.24) is 4.90 Å². The van der Waals surface area contributed by atoms with E-state index < -0.39 is 5.97 Å². The second-order valence-corrected chi connectivity index (χ2v) is 5.04. The zero-order chi connectivity index (χ0) is 12.0. The minimum atomic E-state index is -0.680. The van der Waals surface area contributed by atoms with E-state index in [1.54, 1.807) is 0 Å². The van der Waals surface area contributed by atoms with Crippen molar-refractivity contribution >= 4 is 5.97 Å². The molecule has 1 aliphatic carbocycles. The largest absolute Gasteiger partial charge is 0.481 e. The van der Waals surface area contributed by atoms with Gasteiger partial charge in [-0.1, -0.05) is 26.7 Å². The number of hydrogen-bond acceptors (Lipinski definition) is 2. The molecule has 0 radical (unpaired) electrons. The second-order valence-electron chi connectivity index (χ2n) is 5.04. The van der Waals surface area contributed by atoms with Crippen molar-refractivity contribution in [2.45, 2.75) is 58.4 Å². The Bertz CT molecular complexity index is 218. The number of aliphatic carboxylic acids is 1.